The number of hydrogen-bond donors (Lipinski definition) is 1. The van der Waals surface area contributed by atoms with Crippen molar-refractivity contribution in [2.45, 2.75) is 57.7 Å². The van der Waals surface area contributed by atoms with Crippen LogP contribution in [-0.2, 0) is 4.79 Å². The molecule has 0 aliphatic carbocycles. The number of hydrogen-bond acceptors (Lipinski definition) is 3. The summed E-state index contributed by atoms with van der Waals surface area (Å²) >= 11 is 0. The van der Waals surface area contributed by atoms with Gasteiger partial charge in [-0.05, 0) is 39.5 Å². The lowest BCUT2D eigenvalue weighted by molar-refractivity contribution is -0.138. The summed E-state index contributed by atoms with van der Waals surface area (Å²) in [5, 5.41) is 9.46. The van der Waals surface area contributed by atoms with Crippen molar-refractivity contribution in [2.75, 3.05) is 19.6 Å². The molecule has 2 unspecified atom stereocenters. The minimum atomic E-state index is -0.237. The average Bonchev–Trinajstić information content (AvgIpc) is 2.63. The number of amides is 1. The zero-order chi connectivity index (χ0) is 12.4. The van der Waals surface area contributed by atoms with E-state index in [4.69, 9.17) is 0 Å². The first-order valence-electron chi connectivity index (χ1n) is 6.79. The third-order valence-corrected chi connectivity index (χ3v) is 4.09. The van der Waals surface area contributed by atoms with Gasteiger partial charge in [-0.1, -0.05) is 0 Å². The van der Waals surface area contributed by atoms with Crippen molar-refractivity contribution >= 4 is 5.91 Å². The molecule has 0 aromatic rings. The summed E-state index contributed by atoms with van der Waals surface area (Å²) in [4.78, 5) is 16.4. The maximum Gasteiger partial charge on any atom is 0.237 e. The van der Waals surface area contributed by atoms with Gasteiger partial charge in [0.2, 0.25) is 5.91 Å². The Morgan fingerprint density at radius 3 is 2.41 bits per heavy atom. The van der Waals surface area contributed by atoms with Crippen molar-refractivity contribution in [1.29, 1.82) is 0 Å². The van der Waals surface area contributed by atoms with E-state index in [9.17, 15) is 9.90 Å². The van der Waals surface area contributed by atoms with Crippen molar-refractivity contribution in [3.63, 3.8) is 0 Å². The number of rotatable bonds is 2. The Labute approximate surface area is 104 Å². The molecule has 0 saturated carbocycles. The molecule has 4 heteroatoms. The molecule has 1 N–H and O–H groups in total. The molecule has 0 aromatic heterocycles. The van der Waals surface area contributed by atoms with Crippen molar-refractivity contribution in [3.05, 3.63) is 0 Å². The van der Waals surface area contributed by atoms with Gasteiger partial charge >= 0.3 is 0 Å². The number of aliphatic hydroxyl groups excluding tert-OH is 1. The second-order valence-electron chi connectivity index (χ2n) is 5.61. The summed E-state index contributed by atoms with van der Waals surface area (Å²) in [6, 6.07) is 0.748. The van der Waals surface area contributed by atoms with Crippen LogP contribution in [0, 0.1) is 0 Å². The molecular weight excluding hydrogens is 216 g/mol. The maximum absolute atomic E-state index is 12.3. The summed E-state index contributed by atoms with van der Waals surface area (Å²) in [6.45, 7) is 6.27. The van der Waals surface area contributed by atoms with Crippen molar-refractivity contribution in [3.8, 4) is 0 Å². The molecular formula is C13H24N2O2. The standard InChI is InChI=1S/C13H24N2O2/c1-10-4-3-5-11(2)15(10)13(17)9-14-7-6-12(16)8-14/h10-12,16H,3-9H2,1-2H3/t10?,11?,12-/m0/s1. The third-order valence-electron chi connectivity index (χ3n) is 4.09. The highest BCUT2D eigenvalue weighted by molar-refractivity contribution is 5.79. The fourth-order valence-corrected chi connectivity index (χ4v) is 3.14. The van der Waals surface area contributed by atoms with Crippen molar-refractivity contribution < 1.29 is 9.90 Å². The van der Waals surface area contributed by atoms with Crippen LogP contribution in [0.25, 0.3) is 0 Å². The topological polar surface area (TPSA) is 43.8 Å². The normalized spacial score (nSPS) is 35.2. The molecule has 1 amide bonds. The number of likely N-dealkylation sites (tertiary alicyclic amines) is 2. The molecule has 2 aliphatic heterocycles. The molecule has 0 bridgehead atoms. The smallest absolute Gasteiger partial charge is 0.237 e. The fraction of sp³-hybridized carbons (Fsp3) is 0.923. The van der Waals surface area contributed by atoms with Crippen LogP contribution in [0.4, 0.5) is 0 Å². The van der Waals surface area contributed by atoms with Crippen molar-refractivity contribution in [2.24, 2.45) is 0 Å². The predicted molar refractivity (Wildman–Crippen MR) is 66.7 cm³/mol. The van der Waals surface area contributed by atoms with Crippen LogP contribution in [0.5, 0.6) is 0 Å². The number of nitrogens with zero attached hydrogens (tertiary/aromatic N) is 2. The molecule has 2 fully saturated rings. The van der Waals surface area contributed by atoms with E-state index in [2.05, 4.69) is 18.7 Å². The SMILES string of the molecule is CC1CCCC(C)N1C(=O)CN1CC[C@H](O)C1. The van der Waals surface area contributed by atoms with Crippen LogP contribution in [0.15, 0.2) is 0 Å². The highest BCUT2D eigenvalue weighted by Crippen LogP contribution is 2.23. The Balaban J connectivity index is 1.89. The average molecular weight is 240 g/mol. The van der Waals surface area contributed by atoms with Gasteiger partial charge in [-0.25, -0.2) is 0 Å². The lowest BCUT2D eigenvalue weighted by Crippen LogP contribution is -2.50. The van der Waals surface area contributed by atoms with Gasteiger partial charge in [-0.3, -0.25) is 9.69 Å². The Morgan fingerprint density at radius 1 is 1.24 bits per heavy atom. The molecule has 4 nitrogen and oxygen atoms in total. The lowest BCUT2D eigenvalue weighted by atomic mass is 9.97. The monoisotopic (exact) mass is 240 g/mol. The van der Waals surface area contributed by atoms with E-state index in [-0.39, 0.29) is 12.0 Å². The van der Waals surface area contributed by atoms with Gasteiger partial charge < -0.3 is 10.0 Å². The van der Waals surface area contributed by atoms with Crippen LogP contribution < -0.4 is 0 Å². The quantitative estimate of drug-likeness (QED) is 0.778. The van der Waals surface area contributed by atoms with E-state index in [1.165, 1.54) is 6.42 Å². The van der Waals surface area contributed by atoms with Gasteiger partial charge in [0.05, 0.1) is 12.6 Å². The molecule has 0 spiro atoms. The molecule has 2 saturated heterocycles. The van der Waals surface area contributed by atoms with Gasteiger partial charge in [-0.2, -0.15) is 0 Å². The summed E-state index contributed by atoms with van der Waals surface area (Å²) in [5.41, 5.74) is 0. The predicted octanol–water partition coefficient (Wildman–Crippen LogP) is 0.843. The van der Waals surface area contributed by atoms with Gasteiger partial charge in [0.25, 0.3) is 0 Å². The van der Waals surface area contributed by atoms with E-state index in [0.717, 1.165) is 25.8 Å². The van der Waals surface area contributed by atoms with Crippen LogP contribution in [0.3, 0.4) is 0 Å². The van der Waals surface area contributed by atoms with Crippen LogP contribution >= 0.6 is 0 Å². The third kappa shape index (κ3) is 2.99. The number of carbonyl (C=O) groups is 1. The highest BCUT2D eigenvalue weighted by atomic mass is 16.3. The minimum absolute atomic E-state index is 0.235. The first kappa shape index (κ1) is 12.8. The van der Waals surface area contributed by atoms with E-state index in [1.807, 2.05) is 4.90 Å². The minimum Gasteiger partial charge on any atom is -0.392 e. The Morgan fingerprint density at radius 2 is 1.88 bits per heavy atom. The molecule has 2 aliphatic rings. The lowest BCUT2D eigenvalue weighted by Gasteiger charge is -2.39. The Bertz CT molecular complexity index is 273. The molecule has 0 aromatic carbocycles. The largest absolute Gasteiger partial charge is 0.392 e. The summed E-state index contributed by atoms with van der Waals surface area (Å²) < 4.78 is 0. The zero-order valence-corrected chi connectivity index (χ0v) is 10.9. The second-order valence-corrected chi connectivity index (χ2v) is 5.61. The zero-order valence-electron chi connectivity index (χ0n) is 10.9. The Hall–Kier alpha value is -0.610. The van der Waals surface area contributed by atoms with Gasteiger partial charge in [0.1, 0.15) is 0 Å². The summed E-state index contributed by atoms with van der Waals surface area (Å²) in [7, 11) is 0. The Kier molecular flexibility index (Phi) is 4.05. The van der Waals surface area contributed by atoms with Crippen LogP contribution in [0.2, 0.25) is 0 Å². The summed E-state index contributed by atoms with van der Waals surface area (Å²) in [5.74, 6) is 0.235. The van der Waals surface area contributed by atoms with E-state index in [1.54, 1.807) is 0 Å². The van der Waals surface area contributed by atoms with Crippen molar-refractivity contribution in [1.82, 2.24) is 9.80 Å². The van der Waals surface area contributed by atoms with Gasteiger partial charge in [0, 0.05) is 25.2 Å². The van der Waals surface area contributed by atoms with E-state index < -0.39 is 0 Å². The number of aliphatic hydroxyl groups is 1. The number of piperidine rings is 1. The molecule has 98 valence electrons. The molecule has 17 heavy (non-hydrogen) atoms. The molecule has 0 radical (unpaired) electrons. The first-order chi connectivity index (χ1) is 8.08. The fourth-order valence-electron chi connectivity index (χ4n) is 3.14. The van der Waals surface area contributed by atoms with E-state index in [0.29, 0.717) is 25.2 Å². The highest BCUT2D eigenvalue weighted by Gasteiger charge is 2.31. The molecule has 2 heterocycles. The number of β-amino-alcohol motifs (C(OH)–C–C–N with tert-alkyl or cyclic N) is 1. The van der Waals surface area contributed by atoms with Gasteiger partial charge in [-0.15, -0.1) is 0 Å². The maximum atomic E-state index is 12.3. The van der Waals surface area contributed by atoms with Crippen LogP contribution in [0.1, 0.15) is 39.5 Å². The second kappa shape index (κ2) is 5.36. The van der Waals surface area contributed by atoms with E-state index >= 15 is 0 Å². The van der Waals surface area contributed by atoms with Crippen LogP contribution in [-0.4, -0.2) is 58.6 Å². The molecule has 2 rings (SSSR count). The molecule has 3 atom stereocenters. The number of carbonyl (C=O) groups excluding carboxylic acids is 1. The first-order valence-corrected chi connectivity index (χ1v) is 6.79. The van der Waals surface area contributed by atoms with Gasteiger partial charge in [0.15, 0.2) is 0 Å². The summed E-state index contributed by atoms with van der Waals surface area (Å²) in [6.07, 6.45) is 4.05.